The molecule has 6 nitrogen and oxygen atoms in total. The van der Waals surface area contributed by atoms with Gasteiger partial charge in [0, 0.05) is 19.6 Å². The molecule has 0 saturated carbocycles. The van der Waals surface area contributed by atoms with Gasteiger partial charge in [-0.05, 0) is 77.7 Å². The Bertz CT molecular complexity index is 627. The van der Waals surface area contributed by atoms with Gasteiger partial charge in [-0.2, -0.15) is 0 Å². The van der Waals surface area contributed by atoms with E-state index in [9.17, 15) is 0 Å². The first-order valence-corrected chi connectivity index (χ1v) is 10.7. The number of nitrogens with zero attached hydrogens (tertiary/aromatic N) is 2. The molecular formula is C22H39IN4O2. The van der Waals surface area contributed by atoms with Crippen LogP contribution in [0.15, 0.2) is 23.2 Å². The van der Waals surface area contributed by atoms with Gasteiger partial charge in [-0.1, -0.05) is 6.07 Å². The molecule has 2 N–H and O–H groups in total. The first-order chi connectivity index (χ1) is 13.6. The van der Waals surface area contributed by atoms with Gasteiger partial charge >= 0.3 is 0 Å². The van der Waals surface area contributed by atoms with E-state index in [1.54, 1.807) is 0 Å². The smallest absolute Gasteiger partial charge is 0.191 e. The Morgan fingerprint density at radius 2 is 1.93 bits per heavy atom. The third kappa shape index (κ3) is 8.58. The topological polar surface area (TPSA) is 58.1 Å². The van der Waals surface area contributed by atoms with E-state index in [4.69, 9.17) is 14.5 Å². The number of rotatable bonds is 9. The summed E-state index contributed by atoms with van der Waals surface area (Å²) in [7, 11) is 2.20. The van der Waals surface area contributed by atoms with E-state index in [0.29, 0.717) is 19.1 Å². The van der Waals surface area contributed by atoms with Crippen molar-refractivity contribution in [3.8, 4) is 11.5 Å². The number of ether oxygens (including phenoxy) is 2. The number of aliphatic imine (C=N–C) groups is 1. The minimum Gasteiger partial charge on any atom is -0.490 e. The molecule has 0 bridgehead atoms. The lowest BCUT2D eigenvalue weighted by molar-refractivity contribution is 0.214. The highest BCUT2D eigenvalue weighted by atomic mass is 127. The molecule has 0 spiro atoms. The second kappa shape index (κ2) is 13.9. The van der Waals surface area contributed by atoms with E-state index < -0.39 is 0 Å². The van der Waals surface area contributed by atoms with Gasteiger partial charge in [-0.3, -0.25) is 4.99 Å². The molecular weight excluding hydrogens is 479 g/mol. The summed E-state index contributed by atoms with van der Waals surface area (Å²) in [6.45, 7) is 13.5. The standard InChI is InChI=1S/C22H38N4O2.HI/c1-6-23-22(24-15-18-10-9-13-26(5)16-18)25-17(4)19-11-12-20(27-7-2)21(14-19)28-8-3;/h11-12,14,17-18H,6-10,13,15-16H2,1-5H3,(H2,23,24,25);1H. The van der Waals surface area contributed by atoms with Gasteiger partial charge in [-0.25, -0.2) is 0 Å². The van der Waals surface area contributed by atoms with Gasteiger partial charge in [0.15, 0.2) is 17.5 Å². The fraction of sp³-hybridized carbons (Fsp3) is 0.682. The Kier molecular flexibility index (Phi) is 12.4. The highest BCUT2D eigenvalue weighted by molar-refractivity contribution is 14.0. The van der Waals surface area contributed by atoms with Crippen LogP contribution in [-0.2, 0) is 0 Å². The van der Waals surface area contributed by atoms with Crippen LogP contribution in [0, 0.1) is 5.92 Å². The number of halogens is 1. The molecule has 2 unspecified atom stereocenters. The number of nitrogens with one attached hydrogen (secondary N) is 2. The van der Waals surface area contributed by atoms with Crippen molar-refractivity contribution in [1.29, 1.82) is 0 Å². The summed E-state index contributed by atoms with van der Waals surface area (Å²) in [6.07, 6.45) is 2.53. The third-order valence-corrected chi connectivity index (χ3v) is 4.99. The molecule has 1 heterocycles. The molecule has 1 aliphatic rings. The molecule has 7 heteroatoms. The molecule has 0 aliphatic carbocycles. The van der Waals surface area contributed by atoms with Crippen molar-refractivity contribution in [2.24, 2.45) is 10.9 Å². The molecule has 0 amide bonds. The SMILES string of the molecule is CCNC(=NCC1CCCN(C)C1)NC(C)c1ccc(OCC)c(OCC)c1.I. The van der Waals surface area contributed by atoms with Crippen LogP contribution >= 0.6 is 24.0 Å². The largest absolute Gasteiger partial charge is 0.490 e. The molecule has 166 valence electrons. The molecule has 2 atom stereocenters. The predicted molar refractivity (Wildman–Crippen MR) is 132 cm³/mol. The summed E-state index contributed by atoms with van der Waals surface area (Å²) in [4.78, 5) is 7.26. The molecule has 1 aromatic rings. The predicted octanol–water partition coefficient (Wildman–Crippen LogP) is 4.06. The molecule has 2 rings (SSSR count). The van der Waals surface area contributed by atoms with Crippen LogP contribution in [0.5, 0.6) is 11.5 Å². The zero-order valence-corrected chi connectivity index (χ0v) is 21.0. The summed E-state index contributed by atoms with van der Waals surface area (Å²) in [5, 5.41) is 6.91. The van der Waals surface area contributed by atoms with Crippen LogP contribution in [0.3, 0.4) is 0 Å². The molecule has 0 aromatic heterocycles. The molecule has 29 heavy (non-hydrogen) atoms. The van der Waals surface area contributed by atoms with Crippen LogP contribution in [0.2, 0.25) is 0 Å². The van der Waals surface area contributed by atoms with Crippen LogP contribution in [0.25, 0.3) is 0 Å². The zero-order valence-electron chi connectivity index (χ0n) is 18.7. The highest BCUT2D eigenvalue weighted by Gasteiger charge is 2.17. The maximum Gasteiger partial charge on any atom is 0.191 e. The Hall–Kier alpha value is -1.22. The lowest BCUT2D eigenvalue weighted by atomic mass is 9.99. The normalized spacial score (nSPS) is 18.5. The van der Waals surface area contributed by atoms with E-state index >= 15 is 0 Å². The minimum atomic E-state index is 0. The van der Waals surface area contributed by atoms with Gasteiger partial charge in [0.25, 0.3) is 0 Å². The van der Waals surface area contributed by atoms with Crippen molar-refractivity contribution in [3.05, 3.63) is 23.8 Å². The molecule has 0 radical (unpaired) electrons. The van der Waals surface area contributed by atoms with Gasteiger partial charge in [0.05, 0.1) is 19.3 Å². The Balaban J connectivity index is 0.00000420. The number of piperidine rings is 1. The minimum absolute atomic E-state index is 0. The van der Waals surface area contributed by atoms with Crippen molar-refractivity contribution in [2.75, 3.05) is 46.4 Å². The van der Waals surface area contributed by atoms with Gasteiger partial charge in [0.2, 0.25) is 0 Å². The van der Waals surface area contributed by atoms with Crippen molar-refractivity contribution in [2.45, 2.75) is 46.6 Å². The highest BCUT2D eigenvalue weighted by Crippen LogP contribution is 2.30. The summed E-state index contributed by atoms with van der Waals surface area (Å²) in [5.74, 6) is 3.10. The first-order valence-electron chi connectivity index (χ1n) is 10.7. The van der Waals surface area contributed by atoms with Crippen LogP contribution in [-0.4, -0.2) is 57.3 Å². The quantitative estimate of drug-likeness (QED) is 0.294. The molecule has 1 fully saturated rings. The summed E-state index contributed by atoms with van der Waals surface area (Å²) in [5.41, 5.74) is 1.15. The van der Waals surface area contributed by atoms with Gasteiger partial charge in [-0.15, -0.1) is 24.0 Å². The first kappa shape index (κ1) is 25.8. The molecule has 1 aromatic carbocycles. The zero-order chi connectivity index (χ0) is 20.4. The second-order valence-electron chi connectivity index (χ2n) is 7.43. The van der Waals surface area contributed by atoms with E-state index in [0.717, 1.165) is 42.7 Å². The Morgan fingerprint density at radius 3 is 2.59 bits per heavy atom. The average molecular weight is 518 g/mol. The number of guanidine groups is 1. The van der Waals surface area contributed by atoms with Crippen molar-refractivity contribution < 1.29 is 9.47 Å². The number of benzene rings is 1. The summed E-state index contributed by atoms with van der Waals surface area (Å²) < 4.78 is 11.4. The number of hydrogen-bond acceptors (Lipinski definition) is 4. The Morgan fingerprint density at radius 1 is 1.21 bits per heavy atom. The van der Waals surface area contributed by atoms with Crippen molar-refractivity contribution >= 4 is 29.9 Å². The second-order valence-corrected chi connectivity index (χ2v) is 7.43. The maximum absolute atomic E-state index is 5.77. The van der Waals surface area contributed by atoms with E-state index in [1.165, 1.54) is 19.4 Å². The lowest BCUT2D eigenvalue weighted by Crippen LogP contribution is -2.40. The van der Waals surface area contributed by atoms with E-state index in [2.05, 4.69) is 48.6 Å². The molecule has 1 aliphatic heterocycles. The van der Waals surface area contributed by atoms with Crippen LogP contribution < -0.4 is 20.1 Å². The summed E-state index contributed by atoms with van der Waals surface area (Å²) in [6, 6.07) is 6.25. The van der Waals surface area contributed by atoms with Gasteiger partial charge < -0.3 is 25.0 Å². The van der Waals surface area contributed by atoms with Crippen LogP contribution in [0.1, 0.15) is 52.1 Å². The van der Waals surface area contributed by atoms with Gasteiger partial charge in [0.1, 0.15) is 0 Å². The maximum atomic E-state index is 5.77. The van der Waals surface area contributed by atoms with Crippen molar-refractivity contribution in [3.63, 3.8) is 0 Å². The van der Waals surface area contributed by atoms with Crippen molar-refractivity contribution in [1.82, 2.24) is 15.5 Å². The molecule has 1 saturated heterocycles. The number of hydrogen-bond donors (Lipinski definition) is 2. The number of likely N-dealkylation sites (tertiary alicyclic amines) is 1. The summed E-state index contributed by atoms with van der Waals surface area (Å²) >= 11 is 0. The third-order valence-electron chi connectivity index (χ3n) is 4.99. The van der Waals surface area contributed by atoms with E-state index in [1.807, 2.05) is 19.9 Å². The monoisotopic (exact) mass is 518 g/mol. The average Bonchev–Trinajstić information content (AvgIpc) is 2.68. The van der Waals surface area contributed by atoms with Crippen LogP contribution in [0.4, 0.5) is 0 Å². The fourth-order valence-electron chi connectivity index (χ4n) is 3.59. The Labute approximate surface area is 193 Å². The fourth-order valence-corrected chi connectivity index (χ4v) is 3.59. The lowest BCUT2D eigenvalue weighted by Gasteiger charge is -2.29. The van der Waals surface area contributed by atoms with E-state index in [-0.39, 0.29) is 30.0 Å².